The highest BCUT2D eigenvalue weighted by Crippen LogP contribution is 2.15. The van der Waals surface area contributed by atoms with E-state index in [2.05, 4.69) is 30.0 Å². The van der Waals surface area contributed by atoms with Crippen LogP contribution in [0.1, 0.15) is 25.3 Å². The Morgan fingerprint density at radius 2 is 2.17 bits per heavy atom. The van der Waals surface area contributed by atoms with Gasteiger partial charge in [-0.2, -0.15) is 5.10 Å². The Hall–Kier alpha value is -1.38. The molecule has 0 bridgehead atoms. The van der Waals surface area contributed by atoms with Crippen LogP contribution in [0.3, 0.4) is 0 Å². The summed E-state index contributed by atoms with van der Waals surface area (Å²) in [5.41, 5.74) is 2.20. The Morgan fingerprint density at radius 3 is 2.83 bits per heavy atom. The first-order valence-corrected chi connectivity index (χ1v) is 4.06. The fourth-order valence-electron chi connectivity index (χ4n) is 1.18. The monoisotopic (exact) mass is 161 g/mol. The molecule has 0 aliphatic rings. The Bertz CT molecular complexity index is 356. The lowest BCUT2D eigenvalue weighted by atomic mass is 10.1. The average Bonchev–Trinajstić information content (AvgIpc) is 2.46. The summed E-state index contributed by atoms with van der Waals surface area (Å²) in [6.07, 6.45) is 5.42. The molecule has 2 rings (SSSR count). The number of rotatable bonds is 1. The van der Waals surface area contributed by atoms with Gasteiger partial charge in [-0.15, -0.1) is 0 Å². The normalized spacial score (nSPS) is 11.2. The molecular weight excluding hydrogens is 150 g/mol. The van der Waals surface area contributed by atoms with E-state index in [4.69, 9.17) is 0 Å². The maximum Gasteiger partial charge on any atom is 0.153 e. The molecule has 2 aromatic rings. The summed E-state index contributed by atoms with van der Waals surface area (Å²) in [7, 11) is 0. The minimum atomic E-state index is 0.536. The Morgan fingerprint density at radius 1 is 1.33 bits per heavy atom. The molecule has 12 heavy (non-hydrogen) atoms. The molecule has 0 saturated carbocycles. The topological polar surface area (TPSA) is 30.2 Å². The van der Waals surface area contributed by atoms with Crippen molar-refractivity contribution in [2.24, 2.45) is 0 Å². The molecule has 0 spiro atoms. The number of hydrogen-bond acceptors (Lipinski definition) is 2. The summed E-state index contributed by atoms with van der Waals surface area (Å²) in [4.78, 5) is 4.18. The van der Waals surface area contributed by atoms with Crippen LogP contribution in [0.2, 0.25) is 0 Å². The molecule has 0 radical (unpaired) electrons. The van der Waals surface area contributed by atoms with E-state index in [9.17, 15) is 0 Å². The van der Waals surface area contributed by atoms with Crippen molar-refractivity contribution < 1.29 is 0 Å². The standard InChI is InChI=1S/C9H11N3/c1-7(2)8-5-9-10-3-4-11-12(9)6-8/h3-7H,1-2H3. The molecule has 0 N–H and O–H groups in total. The number of fused-ring (bicyclic) bond motifs is 1. The first kappa shape index (κ1) is 7.28. The average molecular weight is 161 g/mol. The minimum absolute atomic E-state index is 0.536. The predicted molar refractivity (Wildman–Crippen MR) is 47.1 cm³/mol. The van der Waals surface area contributed by atoms with Gasteiger partial charge < -0.3 is 0 Å². The van der Waals surface area contributed by atoms with Gasteiger partial charge >= 0.3 is 0 Å². The van der Waals surface area contributed by atoms with Crippen LogP contribution in [-0.2, 0) is 0 Å². The second-order valence-electron chi connectivity index (χ2n) is 3.17. The highest BCUT2D eigenvalue weighted by molar-refractivity contribution is 5.41. The van der Waals surface area contributed by atoms with Crippen LogP contribution in [0.15, 0.2) is 24.7 Å². The number of hydrogen-bond donors (Lipinski definition) is 0. The van der Waals surface area contributed by atoms with Gasteiger partial charge in [-0.3, -0.25) is 0 Å². The van der Waals surface area contributed by atoms with Crippen LogP contribution >= 0.6 is 0 Å². The molecule has 2 aromatic heterocycles. The van der Waals surface area contributed by atoms with Crippen LogP contribution < -0.4 is 0 Å². The molecular formula is C9H11N3. The zero-order chi connectivity index (χ0) is 8.55. The van der Waals surface area contributed by atoms with Crippen molar-refractivity contribution in [3.8, 4) is 0 Å². The Balaban J connectivity index is 2.62. The Labute approximate surface area is 71.1 Å². The van der Waals surface area contributed by atoms with Gasteiger partial charge in [0, 0.05) is 12.4 Å². The molecule has 2 heterocycles. The molecule has 0 aromatic carbocycles. The highest BCUT2D eigenvalue weighted by atomic mass is 15.2. The molecule has 0 saturated heterocycles. The van der Waals surface area contributed by atoms with Gasteiger partial charge in [0.15, 0.2) is 5.65 Å². The van der Waals surface area contributed by atoms with E-state index in [1.54, 1.807) is 16.9 Å². The second kappa shape index (κ2) is 2.59. The summed E-state index contributed by atoms with van der Waals surface area (Å²) < 4.78 is 1.80. The quantitative estimate of drug-likeness (QED) is 0.639. The first-order valence-electron chi connectivity index (χ1n) is 4.06. The van der Waals surface area contributed by atoms with Gasteiger partial charge in [0.1, 0.15) is 0 Å². The van der Waals surface area contributed by atoms with E-state index >= 15 is 0 Å². The fraction of sp³-hybridized carbons (Fsp3) is 0.333. The maximum atomic E-state index is 4.18. The SMILES string of the molecule is CC(C)c1cc2nccnn2c1. The molecule has 0 unspecified atom stereocenters. The van der Waals surface area contributed by atoms with Crippen molar-refractivity contribution in [2.45, 2.75) is 19.8 Å². The van der Waals surface area contributed by atoms with Crippen molar-refractivity contribution in [1.29, 1.82) is 0 Å². The van der Waals surface area contributed by atoms with E-state index in [0.29, 0.717) is 5.92 Å². The summed E-state index contributed by atoms with van der Waals surface area (Å²) in [5.74, 6) is 0.536. The minimum Gasteiger partial charge on any atom is -0.235 e. The van der Waals surface area contributed by atoms with Gasteiger partial charge in [0.25, 0.3) is 0 Å². The van der Waals surface area contributed by atoms with Gasteiger partial charge in [-0.25, -0.2) is 9.50 Å². The maximum absolute atomic E-state index is 4.18. The van der Waals surface area contributed by atoms with Crippen LogP contribution in [0, 0.1) is 0 Å². The molecule has 0 fully saturated rings. The zero-order valence-corrected chi connectivity index (χ0v) is 7.23. The van der Waals surface area contributed by atoms with Crippen LogP contribution in [0.25, 0.3) is 5.65 Å². The summed E-state index contributed by atoms with van der Waals surface area (Å²) in [6, 6.07) is 2.07. The smallest absolute Gasteiger partial charge is 0.153 e. The third kappa shape index (κ3) is 1.07. The van der Waals surface area contributed by atoms with Gasteiger partial charge in [0.2, 0.25) is 0 Å². The van der Waals surface area contributed by atoms with Crippen LogP contribution in [-0.4, -0.2) is 14.6 Å². The molecule has 0 aliphatic carbocycles. The van der Waals surface area contributed by atoms with E-state index in [1.165, 1.54) is 5.56 Å². The summed E-state index contributed by atoms with van der Waals surface area (Å²) >= 11 is 0. The second-order valence-corrected chi connectivity index (χ2v) is 3.17. The summed E-state index contributed by atoms with van der Waals surface area (Å²) in [6.45, 7) is 4.32. The molecule has 3 nitrogen and oxygen atoms in total. The first-order chi connectivity index (χ1) is 5.77. The van der Waals surface area contributed by atoms with Crippen LogP contribution in [0.5, 0.6) is 0 Å². The molecule has 62 valence electrons. The van der Waals surface area contributed by atoms with E-state index < -0.39 is 0 Å². The van der Waals surface area contributed by atoms with Gasteiger partial charge in [-0.05, 0) is 17.5 Å². The van der Waals surface area contributed by atoms with Crippen molar-refractivity contribution >= 4 is 5.65 Å². The lowest BCUT2D eigenvalue weighted by Crippen LogP contribution is -1.88. The van der Waals surface area contributed by atoms with Crippen molar-refractivity contribution in [3.63, 3.8) is 0 Å². The largest absolute Gasteiger partial charge is 0.235 e. The number of nitrogens with zero attached hydrogens (tertiary/aromatic N) is 3. The Kier molecular flexibility index (Phi) is 1.57. The van der Waals surface area contributed by atoms with E-state index in [0.717, 1.165) is 5.65 Å². The molecule has 0 amide bonds. The van der Waals surface area contributed by atoms with Crippen LogP contribution in [0.4, 0.5) is 0 Å². The third-order valence-corrected chi connectivity index (χ3v) is 1.93. The van der Waals surface area contributed by atoms with Gasteiger partial charge in [0.05, 0.1) is 6.20 Å². The van der Waals surface area contributed by atoms with Gasteiger partial charge in [-0.1, -0.05) is 13.8 Å². The molecule has 0 atom stereocenters. The lowest BCUT2D eigenvalue weighted by molar-refractivity contribution is 0.849. The number of aromatic nitrogens is 3. The third-order valence-electron chi connectivity index (χ3n) is 1.93. The summed E-state index contributed by atoms with van der Waals surface area (Å²) in [5, 5.41) is 4.14. The highest BCUT2D eigenvalue weighted by Gasteiger charge is 2.03. The van der Waals surface area contributed by atoms with E-state index in [1.807, 2.05) is 6.20 Å². The zero-order valence-electron chi connectivity index (χ0n) is 7.23. The predicted octanol–water partition coefficient (Wildman–Crippen LogP) is 1.85. The van der Waals surface area contributed by atoms with Crippen molar-refractivity contribution in [2.75, 3.05) is 0 Å². The molecule has 0 aliphatic heterocycles. The molecule has 3 heteroatoms. The lowest BCUT2D eigenvalue weighted by Gasteiger charge is -1.96. The van der Waals surface area contributed by atoms with Crippen molar-refractivity contribution in [1.82, 2.24) is 14.6 Å². The fourth-order valence-corrected chi connectivity index (χ4v) is 1.18. The van der Waals surface area contributed by atoms with Crippen molar-refractivity contribution in [3.05, 3.63) is 30.2 Å². The van der Waals surface area contributed by atoms with E-state index in [-0.39, 0.29) is 0 Å².